The third kappa shape index (κ3) is 5.71. The maximum absolute atomic E-state index is 12.7. The summed E-state index contributed by atoms with van der Waals surface area (Å²) in [5.41, 5.74) is 2.22. The molecular formula is C20H27ClN6O4S. The van der Waals surface area contributed by atoms with E-state index in [1.54, 1.807) is 4.90 Å². The van der Waals surface area contributed by atoms with Gasteiger partial charge in [-0.3, -0.25) is 9.62 Å². The van der Waals surface area contributed by atoms with Gasteiger partial charge in [-0.2, -0.15) is 4.68 Å². The molecule has 1 amide bonds. The van der Waals surface area contributed by atoms with Crippen LogP contribution < -0.4 is 9.62 Å². The van der Waals surface area contributed by atoms with E-state index in [9.17, 15) is 13.2 Å². The number of piperazine rings is 1. The minimum Gasteiger partial charge on any atom is -0.378 e. The third-order valence-electron chi connectivity index (χ3n) is 5.52. The monoisotopic (exact) mass is 482 g/mol. The number of sulfonamides is 1. The molecule has 2 fully saturated rings. The van der Waals surface area contributed by atoms with Crippen LogP contribution in [0.4, 0.5) is 16.3 Å². The van der Waals surface area contributed by atoms with Crippen LogP contribution in [-0.2, 0) is 21.3 Å². The zero-order valence-electron chi connectivity index (χ0n) is 17.9. The fourth-order valence-corrected chi connectivity index (χ4v) is 4.52. The number of nitrogens with zero attached hydrogens (tertiary/aromatic N) is 5. The second-order valence-corrected chi connectivity index (χ2v) is 10.1. The second kappa shape index (κ2) is 9.65. The van der Waals surface area contributed by atoms with E-state index < -0.39 is 10.0 Å². The number of nitrogens with one attached hydrogen (secondary N) is 1. The van der Waals surface area contributed by atoms with Crippen molar-refractivity contribution >= 4 is 39.2 Å². The minimum atomic E-state index is -3.44. The van der Waals surface area contributed by atoms with Gasteiger partial charge in [0.2, 0.25) is 10.0 Å². The Kier molecular flexibility index (Phi) is 6.89. The maximum Gasteiger partial charge on any atom is 0.344 e. The Morgan fingerprint density at radius 1 is 1.12 bits per heavy atom. The average Bonchev–Trinajstić information content (AvgIpc) is 3.22. The van der Waals surface area contributed by atoms with Gasteiger partial charge in [-0.15, -0.1) is 5.10 Å². The molecule has 0 atom stereocenters. The molecule has 4 rings (SSSR count). The summed E-state index contributed by atoms with van der Waals surface area (Å²) in [6.45, 7) is 6.43. The molecule has 2 aliphatic heterocycles. The van der Waals surface area contributed by atoms with Gasteiger partial charge in [0.15, 0.2) is 5.82 Å². The van der Waals surface area contributed by atoms with Crippen LogP contribution >= 0.6 is 11.6 Å². The van der Waals surface area contributed by atoms with Gasteiger partial charge in [0, 0.05) is 68.8 Å². The number of aromatic nitrogens is 2. The lowest BCUT2D eigenvalue weighted by molar-refractivity contribution is 0.122. The predicted molar refractivity (Wildman–Crippen MR) is 123 cm³/mol. The fraction of sp³-hybridized carbons (Fsp3) is 0.500. The summed E-state index contributed by atoms with van der Waals surface area (Å²) in [7, 11) is -3.44. The Morgan fingerprint density at radius 3 is 2.53 bits per heavy atom. The molecule has 174 valence electrons. The molecule has 1 aromatic heterocycles. The molecular weight excluding hydrogens is 456 g/mol. The molecule has 3 heterocycles. The highest BCUT2D eigenvalue weighted by Crippen LogP contribution is 2.25. The fourth-order valence-electron chi connectivity index (χ4n) is 3.86. The normalized spacial score (nSPS) is 18.1. The zero-order valence-corrected chi connectivity index (χ0v) is 19.5. The van der Waals surface area contributed by atoms with Crippen molar-refractivity contribution in [3.05, 3.63) is 41.0 Å². The molecule has 0 radical (unpaired) electrons. The van der Waals surface area contributed by atoms with Crippen LogP contribution in [0.2, 0.25) is 5.02 Å². The highest BCUT2D eigenvalue weighted by molar-refractivity contribution is 7.92. The van der Waals surface area contributed by atoms with Crippen LogP contribution in [0.5, 0.6) is 0 Å². The lowest BCUT2D eigenvalue weighted by Crippen LogP contribution is -2.49. The molecule has 32 heavy (non-hydrogen) atoms. The van der Waals surface area contributed by atoms with Crippen molar-refractivity contribution in [1.82, 2.24) is 19.6 Å². The SMILES string of the molecule is CS(=O)(=O)Nc1ccn(C(=O)N2CCN(Cc3cc(N4CCOCC4)ccc3Cl)CC2)n1. The number of benzene rings is 1. The van der Waals surface area contributed by atoms with Gasteiger partial charge in [0.1, 0.15) is 0 Å². The van der Waals surface area contributed by atoms with Crippen molar-refractivity contribution in [3.63, 3.8) is 0 Å². The van der Waals surface area contributed by atoms with Crippen LogP contribution in [0.1, 0.15) is 5.56 Å². The van der Waals surface area contributed by atoms with E-state index in [1.165, 1.54) is 12.3 Å². The highest BCUT2D eigenvalue weighted by Gasteiger charge is 2.24. The third-order valence-corrected chi connectivity index (χ3v) is 6.47. The molecule has 0 bridgehead atoms. The largest absolute Gasteiger partial charge is 0.378 e. The Balaban J connectivity index is 1.33. The van der Waals surface area contributed by atoms with Crippen LogP contribution in [0.3, 0.4) is 0 Å². The summed E-state index contributed by atoms with van der Waals surface area (Å²) < 4.78 is 31.5. The topological polar surface area (TPSA) is 100 Å². The molecule has 0 unspecified atom stereocenters. The minimum absolute atomic E-state index is 0.120. The maximum atomic E-state index is 12.7. The summed E-state index contributed by atoms with van der Waals surface area (Å²) in [5, 5.41) is 4.75. The molecule has 1 aromatic carbocycles. The average molecular weight is 483 g/mol. The summed E-state index contributed by atoms with van der Waals surface area (Å²) in [4.78, 5) is 19.0. The molecule has 2 aromatic rings. The molecule has 0 spiro atoms. The summed E-state index contributed by atoms with van der Waals surface area (Å²) in [6.07, 6.45) is 2.50. The van der Waals surface area contributed by atoms with E-state index in [-0.39, 0.29) is 11.8 Å². The van der Waals surface area contributed by atoms with E-state index in [2.05, 4.69) is 25.7 Å². The Hall–Kier alpha value is -2.34. The van der Waals surface area contributed by atoms with Crippen molar-refractivity contribution in [2.75, 3.05) is 68.4 Å². The molecule has 10 nitrogen and oxygen atoms in total. The highest BCUT2D eigenvalue weighted by atomic mass is 35.5. The van der Waals surface area contributed by atoms with Gasteiger partial charge in [-0.1, -0.05) is 11.6 Å². The first kappa shape index (κ1) is 22.8. The van der Waals surface area contributed by atoms with E-state index >= 15 is 0 Å². The standard InChI is InChI=1S/C20H27ClN6O4S/c1-32(29,30)23-19-4-5-27(22-19)20(28)26-8-6-24(7-9-26)15-16-14-17(2-3-18(16)21)25-10-12-31-13-11-25/h2-5,14H,6-13,15H2,1H3,(H,22,23). The number of hydrogen-bond acceptors (Lipinski definition) is 7. The summed E-state index contributed by atoms with van der Waals surface area (Å²) in [5.74, 6) is 0.120. The van der Waals surface area contributed by atoms with E-state index in [0.29, 0.717) is 32.7 Å². The van der Waals surface area contributed by atoms with Crippen LogP contribution in [-0.4, -0.2) is 92.8 Å². The molecule has 0 aliphatic carbocycles. The number of amides is 1. The Bertz CT molecular complexity index is 1060. The molecule has 12 heteroatoms. The number of ether oxygens (including phenoxy) is 1. The quantitative estimate of drug-likeness (QED) is 0.689. The van der Waals surface area contributed by atoms with Gasteiger partial charge >= 0.3 is 6.03 Å². The Labute approximate surface area is 192 Å². The van der Waals surface area contributed by atoms with Crippen LogP contribution in [0.25, 0.3) is 0 Å². The number of rotatable bonds is 5. The van der Waals surface area contributed by atoms with Crippen LogP contribution in [0.15, 0.2) is 30.5 Å². The van der Waals surface area contributed by atoms with E-state index in [4.69, 9.17) is 16.3 Å². The first-order chi connectivity index (χ1) is 15.3. The number of morpholine rings is 1. The van der Waals surface area contributed by atoms with Crippen molar-refractivity contribution in [1.29, 1.82) is 0 Å². The summed E-state index contributed by atoms with van der Waals surface area (Å²) in [6, 6.07) is 7.31. The second-order valence-electron chi connectivity index (χ2n) is 7.94. The smallest absolute Gasteiger partial charge is 0.344 e. The number of hydrogen-bond donors (Lipinski definition) is 1. The predicted octanol–water partition coefficient (Wildman–Crippen LogP) is 1.53. The van der Waals surface area contributed by atoms with Crippen molar-refractivity contribution in [3.8, 4) is 0 Å². The molecule has 2 saturated heterocycles. The molecule has 0 saturated carbocycles. The van der Waals surface area contributed by atoms with Gasteiger partial charge in [-0.25, -0.2) is 13.2 Å². The zero-order chi connectivity index (χ0) is 22.7. The van der Waals surface area contributed by atoms with Gasteiger partial charge in [0.25, 0.3) is 0 Å². The lowest BCUT2D eigenvalue weighted by atomic mass is 10.1. The van der Waals surface area contributed by atoms with Crippen LogP contribution in [0, 0.1) is 0 Å². The van der Waals surface area contributed by atoms with Crippen molar-refractivity contribution in [2.24, 2.45) is 0 Å². The first-order valence-electron chi connectivity index (χ1n) is 10.4. The first-order valence-corrected chi connectivity index (χ1v) is 12.7. The number of carbonyl (C=O) groups excluding carboxylic acids is 1. The number of halogens is 1. The van der Waals surface area contributed by atoms with E-state index in [0.717, 1.165) is 53.5 Å². The lowest BCUT2D eigenvalue weighted by Gasteiger charge is -2.35. The van der Waals surface area contributed by atoms with Gasteiger partial charge in [0.05, 0.1) is 19.5 Å². The number of anilines is 2. The van der Waals surface area contributed by atoms with Crippen molar-refractivity contribution < 1.29 is 17.9 Å². The summed E-state index contributed by atoms with van der Waals surface area (Å²) >= 11 is 6.47. The molecule has 2 aliphatic rings. The van der Waals surface area contributed by atoms with E-state index in [1.807, 2.05) is 12.1 Å². The number of carbonyl (C=O) groups is 1. The van der Waals surface area contributed by atoms with Gasteiger partial charge in [-0.05, 0) is 23.8 Å². The van der Waals surface area contributed by atoms with Gasteiger partial charge < -0.3 is 14.5 Å². The molecule has 1 N–H and O–H groups in total. The Morgan fingerprint density at radius 2 is 1.84 bits per heavy atom. The van der Waals surface area contributed by atoms with Crippen molar-refractivity contribution in [2.45, 2.75) is 6.54 Å².